The van der Waals surface area contributed by atoms with Crippen molar-refractivity contribution in [3.8, 4) is 11.5 Å². The number of aryl methyl sites for hydroxylation is 1. The van der Waals surface area contributed by atoms with E-state index in [0.717, 1.165) is 0 Å². The number of hydrogen-bond donors (Lipinski definition) is 3. The molecule has 1 aromatic carbocycles. The summed E-state index contributed by atoms with van der Waals surface area (Å²) in [6.45, 7) is 0.803. The maximum Gasteiger partial charge on any atom is 0.287 e. The first-order chi connectivity index (χ1) is 15.0. The monoisotopic (exact) mass is 429 g/mol. The van der Waals surface area contributed by atoms with Gasteiger partial charge in [-0.15, -0.1) is 0 Å². The largest absolute Gasteiger partial charge is 0.497 e. The Morgan fingerprint density at radius 1 is 1.26 bits per heavy atom. The lowest BCUT2D eigenvalue weighted by Gasteiger charge is -2.20. The van der Waals surface area contributed by atoms with E-state index in [4.69, 9.17) is 9.47 Å². The highest BCUT2D eigenvalue weighted by atomic mass is 16.5. The summed E-state index contributed by atoms with van der Waals surface area (Å²) in [5.74, 6) is 0.223. The van der Waals surface area contributed by atoms with Gasteiger partial charge in [-0.05, 0) is 31.4 Å². The van der Waals surface area contributed by atoms with E-state index in [1.54, 1.807) is 36.0 Å². The van der Waals surface area contributed by atoms with Gasteiger partial charge in [-0.1, -0.05) is 0 Å². The van der Waals surface area contributed by atoms with Crippen LogP contribution in [0, 0.1) is 0 Å². The van der Waals surface area contributed by atoms with Gasteiger partial charge in [-0.25, -0.2) is 4.98 Å². The van der Waals surface area contributed by atoms with Crippen LogP contribution in [0.3, 0.4) is 0 Å². The molecule has 2 heterocycles. The minimum atomic E-state index is -0.713. The van der Waals surface area contributed by atoms with Gasteiger partial charge in [0.15, 0.2) is 5.82 Å². The zero-order valence-corrected chi connectivity index (χ0v) is 17.6. The van der Waals surface area contributed by atoms with E-state index in [1.807, 2.05) is 0 Å². The second-order valence-corrected chi connectivity index (χ2v) is 7.14. The Balaban J connectivity index is 1.69. The first-order valence-corrected chi connectivity index (χ1v) is 10.1. The highest BCUT2D eigenvalue weighted by Crippen LogP contribution is 2.25. The molecule has 0 spiro atoms. The van der Waals surface area contributed by atoms with E-state index in [0.29, 0.717) is 42.9 Å². The standard InChI is InChI=1S/C21H27N5O5/c1-26-11-9-22-18(26)21(29)25-16-5-3-4-8-23-19(27)15-7-6-14(30-2)13-17(15)31-12-10-24-20(16)28/h6-7,9,11,13,16H,3-5,8,10,12H2,1-2H3,(H,23,27)(H,24,28)(H,25,29)/t16-/m0/s1. The van der Waals surface area contributed by atoms with E-state index in [9.17, 15) is 14.4 Å². The van der Waals surface area contributed by atoms with Crippen molar-refractivity contribution in [2.45, 2.75) is 25.3 Å². The average molecular weight is 429 g/mol. The Bertz CT molecular complexity index is 942. The topological polar surface area (TPSA) is 124 Å². The normalized spacial score (nSPS) is 17.9. The van der Waals surface area contributed by atoms with Gasteiger partial charge in [0.2, 0.25) is 5.91 Å². The van der Waals surface area contributed by atoms with Crippen molar-refractivity contribution in [3.05, 3.63) is 42.0 Å². The predicted octanol–water partition coefficient (Wildman–Crippen LogP) is 0.636. The summed E-state index contributed by atoms with van der Waals surface area (Å²) in [7, 11) is 3.24. The molecule has 0 aliphatic carbocycles. The number of rotatable bonds is 3. The number of aromatic nitrogens is 2. The number of carbonyl (C=O) groups excluding carboxylic acids is 3. The third-order valence-corrected chi connectivity index (χ3v) is 4.94. The lowest BCUT2D eigenvalue weighted by Crippen LogP contribution is -2.48. The maximum absolute atomic E-state index is 12.7. The minimum absolute atomic E-state index is 0.152. The van der Waals surface area contributed by atoms with Crippen LogP contribution in [0.2, 0.25) is 0 Å². The number of hydrogen-bond acceptors (Lipinski definition) is 6. The van der Waals surface area contributed by atoms with Crippen LogP contribution in [-0.4, -0.2) is 60.1 Å². The SMILES string of the molecule is COc1ccc2c(c1)OCCNC(=O)[C@@H](NC(=O)c1nccn1C)CCCCNC2=O. The van der Waals surface area contributed by atoms with Crippen molar-refractivity contribution in [3.63, 3.8) is 0 Å². The first-order valence-electron chi connectivity index (χ1n) is 10.1. The van der Waals surface area contributed by atoms with Gasteiger partial charge in [0.1, 0.15) is 24.1 Å². The van der Waals surface area contributed by atoms with Crippen LogP contribution < -0.4 is 25.4 Å². The number of imidazole rings is 1. The van der Waals surface area contributed by atoms with Crippen LogP contribution in [0.15, 0.2) is 30.6 Å². The predicted molar refractivity (Wildman–Crippen MR) is 112 cm³/mol. The van der Waals surface area contributed by atoms with E-state index in [-0.39, 0.29) is 30.8 Å². The number of amides is 3. The summed E-state index contributed by atoms with van der Waals surface area (Å²) in [5.41, 5.74) is 0.407. The molecule has 31 heavy (non-hydrogen) atoms. The maximum atomic E-state index is 12.7. The first kappa shape index (κ1) is 22.1. The molecule has 1 aromatic heterocycles. The van der Waals surface area contributed by atoms with Crippen molar-refractivity contribution in [2.75, 3.05) is 26.8 Å². The Hall–Kier alpha value is -3.56. The molecule has 0 bridgehead atoms. The van der Waals surface area contributed by atoms with Crippen molar-refractivity contribution in [1.82, 2.24) is 25.5 Å². The van der Waals surface area contributed by atoms with Gasteiger partial charge in [-0.3, -0.25) is 14.4 Å². The van der Waals surface area contributed by atoms with Crippen LogP contribution >= 0.6 is 0 Å². The number of ether oxygens (including phenoxy) is 2. The molecular weight excluding hydrogens is 402 g/mol. The Kier molecular flexibility index (Phi) is 7.47. The molecule has 10 nitrogen and oxygen atoms in total. The fourth-order valence-corrected chi connectivity index (χ4v) is 3.24. The van der Waals surface area contributed by atoms with Crippen molar-refractivity contribution in [2.24, 2.45) is 7.05 Å². The quantitative estimate of drug-likeness (QED) is 0.658. The van der Waals surface area contributed by atoms with Crippen LogP contribution in [-0.2, 0) is 11.8 Å². The Morgan fingerprint density at radius 2 is 2.10 bits per heavy atom. The highest BCUT2D eigenvalue weighted by molar-refractivity contribution is 5.97. The second kappa shape index (κ2) is 10.5. The molecule has 1 aliphatic rings. The fourth-order valence-electron chi connectivity index (χ4n) is 3.24. The Morgan fingerprint density at radius 3 is 2.84 bits per heavy atom. The molecule has 3 rings (SSSR count). The third kappa shape index (κ3) is 5.74. The van der Waals surface area contributed by atoms with Gasteiger partial charge < -0.3 is 30.0 Å². The van der Waals surface area contributed by atoms with Crippen LogP contribution in [0.4, 0.5) is 0 Å². The van der Waals surface area contributed by atoms with E-state index in [2.05, 4.69) is 20.9 Å². The molecule has 166 valence electrons. The fraction of sp³-hybridized carbons (Fsp3) is 0.429. The highest BCUT2D eigenvalue weighted by Gasteiger charge is 2.23. The van der Waals surface area contributed by atoms with Gasteiger partial charge in [0, 0.05) is 32.1 Å². The number of fused-ring (bicyclic) bond motifs is 1. The summed E-state index contributed by atoms with van der Waals surface area (Å²) in [6.07, 6.45) is 4.92. The number of methoxy groups -OCH3 is 1. The summed E-state index contributed by atoms with van der Waals surface area (Å²) >= 11 is 0. The molecule has 0 radical (unpaired) electrons. The molecular formula is C21H27N5O5. The van der Waals surface area contributed by atoms with Crippen LogP contribution in [0.25, 0.3) is 0 Å². The zero-order valence-electron chi connectivity index (χ0n) is 17.6. The lowest BCUT2D eigenvalue weighted by atomic mass is 10.1. The smallest absolute Gasteiger partial charge is 0.287 e. The van der Waals surface area contributed by atoms with Crippen molar-refractivity contribution < 1.29 is 23.9 Å². The molecule has 10 heteroatoms. The minimum Gasteiger partial charge on any atom is -0.497 e. The van der Waals surface area contributed by atoms with E-state index >= 15 is 0 Å². The average Bonchev–Trinajstić information content (AvgIpc) is 3.20. The summed E-state index contributed by atoms with van der Waals surface area (Å²) < 4.78 is 12.5. The molecule has 1 atom stereocenters. The molecule has 2 aromatic rings. The number of nitrogens with zero attached hydrogens (tertiary/aromatic N) is 2. The summed E-state index contributed by atoms with van der Waals surface area (Å²) in [6, 6.07) is 4.27. The second-order valence-electron chi connectivity index (χ2n) is 7.14. The number of nitrogens with one attached hydrogen (secondary N) is 3. The summed E-state index contributed by atoms with van der Waals surface area (Å²) in [4.78, 5) is 41.7. The molecule has 0 unspecified atom stereocenters. The number of benzene rings is 1. The lowest BCUT2D eigenvalue weighted by molar-refractivity contribution is -0.123. The number of carbonyl (C=O) groups is 3. The van der Waals surface area contributed by atoms with E-state index < -0.39 is 11.9 Å². The van der Waals surface area contributed by atoms with Crippen LogP contribution in [0.1, 0.15) is 40.2 Å². The van der Waals surface area contributed by atoms with E-state index in [1.165, 1.54) is 13.3 Å². The molecule has 1 aliphatic heterocycles. The molecule has 0 fully saturated rings. The molecule has 3 amide bonds. The van der Waals surface area contributed by atoms with Crippen molar-refractivity contribution >= 4 is 17.7 Å². The van der Waals surface area contributed by atoms with Gasteiger partial charge in [-0.2, -0.15) is 0 Å². The Labute approximate surface area is 180 Å². The van der Waals surface area contributed by atoms with Crippen LogP contribution in [0.5, 0.6) is 11.5 Å². The van der Waals surface area contributed by atoms with Gasteiger partial charge in [0.25, 0.3) is 11.8 Å². The zero-order chi connectivity index (χ0) is 22.2. The van der Waals surface area contributed by atoms with Gasteiger partial charge >= 0.3 is 0 Å². The molecule has 0 saturated carbocycles. The molecule has 0 saturated heterocycles. The van der Waals surface area contributed by atoms with Gasteiger partial charge in [0.05, 0.1) is 19.2 Å². The third-order valence-electron chi connectivity index (χ3n) is 4.94. The molecule has 3 N–H and O–H groups in total. The summed E-state index contributed by atoms with van der Waals surface area (Å²) in [5, 5.41) is 8.40. The van der Waals surface area contributed by atoms with Crippen molar-refractivity contribution in [1.29, 1.82) is 0 Å².